The third kappa shape index (κ3) is 4.07. The molecule has 2 rings (SSSR count). The molecule has 1 aromatic rings. The first kappa shape index (κ1) is 15.0. The molecule has 0 radical (unpaired) electrons. The van der Waals surface area contributed by atoms with Crippen molar-refractivity contribution in [1.29, 1.82) is 0 Å². The molecule has 1 saturated carbocycles. The quantitative estimate of drug-likeness (QED) is 0.861. The average Bonchev–Trinajstić information content (AvgIpc) is 2.46. The van der Waals surface area contributed by atoms with Crippen LogP contribution in [0.15, 0.2) is 24.3 Å². The van der Waals surface area contributed by atoms with E-state index in [1.54, 1.807) is 12.1 Å². The first-order chi connectivity index (χ1) is 9.56. The molecule has 0 heterocycles. The number of carbonyl (C=O) groups is 1. The van der Waals surface area contributed by atoms with Crippen molar-refractivity contribution >= 4 is 5.97 Å². The largest absolute Gasteiger partial charge is 0.478 e. The molecule has 1 aromatic carbocycles. The lowest BCUT2D eigenvalue weighted by atomic mass is 9.80. The van der Waals surface area contributed by atoms with Gasteiger partial charge >= 0.3 is 5.97 Å². The molecule has 3 nitrogen and oxygen atoms in total. The van der Waals surface area contributed by atoms with Gasteiger partial charge in [-0.3, -0.25) is 0 Å². The second-order valence-corrected chi connectivity index (χ2v) is 6.24. The van der Waals surface area contributed by atoms with Crippen LogP contribution in [-0.4, -0.2) is 17.1 Å². The van der Waals surface area contributed by atoms with Crippen molar-refractivity contribution in [3.05, 3.63) is 35.4 Å². The van der Waals surface area contributed by atoms with E-state index in [2.05, 4.69) is 19.2 Å². The number of hydrogen-bond acceptors (Lipinski definition) is 2. The fourth-order valence-electron chi connectivity index (χ4n) is 3.02. The van der Waals surface area contributed by atoms with E-state index in [1.165, 1.54) is 25.7 Å². The van der Waals surface area contributed by atoms with Gasteiger partial charge in [-0.15, -0.1) is 0 Å². The summed E-state index contributed by atoms with van der Waals surface area (Å²) in [5.41, 5.74) is 1.51. The molecule has 1 aliphatic rings. The number of carboxylic acid groups (broad SMARTS) is 1. The molecule has 0 saturated heterocycles. The zero-order valence-electron chi connectivity index (χ0n) is 12.4. The van der Waals surface area contributed by atoms with E-state index in [1.807, 2.05) is 12.1 Å². The summed E-state index contributed by atoms with van der Waals surface area (Å²) in [6, 6.07) is 7.76. The number of benzene rings is 1. The highest BCUT2D eigenvalue weighted by molar-refractivity contribution is 5.87. The molecule has 0 unspecified atom stereocenters. The van der Waals surface area contributed by atoms with E-state index in [0.717, 1.165) is 23.9 Å². The monoisotopic (exact) mass is 275 g/mol. The number of carboxylic acids is 1. The predicted molar refractivity (Wildman–Crippen MR) is 80.8 cm³/mol. The average molecular weight is 275 g/mol. The minimum atomic E-state index is -0.864. The predicted octanol–water partition coefficient (Wildman–Crippen LogP) is 3.69. The molecule has 0 atom stereocenters. The molecule has 1 fully saturated rings. The number of hydrogen-bond donors (Lipinski definition) is 2. The van der Waals surface area contributed by atoms with Crippen LogP contribution >= 0.6 is 0 Å². The Morgan fingerprint density at radius 3 is 2.30 bits per heavy atom. The normalized spacial score (nSPS) is 22.9. The molecule has 0 spiro atoms. The molecule has 0 amide bonds. The standard InChI is InChI=1S/C17H25NO2/c1-12(2)14-7-9-16(10-8-14)18-11-13-3-5-15(6-4-13)17(19)20/h3-6,12,14,16,18H,7-11H2,1-2H3,(H,19,20). The van der Waals surface area contributed by atoms with Crippen LogP contribution in [0.4, 0.5) is 0 Å². The molecule has 20 heavy (non-hydrogen) atoms. The van der Waals surface area contributed by atoms with Gasteiger partial charge in [0.2, 0.25) is 0 Å². The zero-order chi connectivity index (χ0) is 14.5. The van der Waals surface area contributed by atoms with Gasteiger partial charge in [0.1, 0.15) is 0 Å². The Hall–Kier alpha value is -1.35. The molecule has 0 bridgehead atoms. The molecule has 1 aliphatic carbocycles. The van der Waals surface area contributed by atoms with Crippen molar-refractivity contribution in [3.8, 4) is 0 Å². The molecule has 3 heteroatoms. The molecule has 110 valence electrons. The Morgan fingerprint density at radius 1 is 1.20 bits per heavy atom. The molecular formula is C17H25NO2. The topological polar surface area (TPSA) is 49.3 Å². The van der Waals surface area contributed by atoms with Crippen LogP contribution < -0.4 is 5.32 Å². The Labute approximate surface area is 121 Å². The maximum atomic E-state index is 10.8. The highest BCUT2D eigenvalue weighted by Gasteiger charge is 2.22. The fourth-order valence-corrected chi connectivity index (χ4v) is 3.02. The zero-order valence-corrected chi connectivity index (χ0v) is 12.4. The minimum Gasteiger partial charge on any atom is -0.478 e. The van der Waals surface area contributed by atoms with Gasteiger partial charge in [-0.1, -0.05) is 26.0 Å². The highest BCUT2D eigenvalue weighted by Crippen LogP contribution is 2.29. The second kappa shape index (κ2) is 6.89. The second-order valence-electron chi connectivity index (χ2n) is 6.24. The van der Waals surface area contributed by atoms with Gasteiger partial charge < -0.3 is 10.4 Å². The van der Waals surface area contributed by atoms with Gasteiger partial charge in [0, 0.05) is 12.6 Å². The summed E-state index contributed by atoms with van der Waals surface area (Å²) in [6.07, 6.45) is 5.17. The maximum absolute atomic E-state index is 10.8. The van der Waals surface area contributed by atoms with E-state index in [0.29, 0.717) is 11.6 Å². The lowest BCUT2D eigenvalue weighted by Gasteiger charge is -2.31. The summed E-state index contributed by atoms with van der Waals surface area (Å²) in [7, 11) is 0. The lowest BCUT2D eigenvalue weighted by molar-refractivity contribution is 0.0697. The Kier molecular flexibility index (Phi) is 5.18. The summed E-state index contributed by atoms with van der Waals surface area (Å²) in [6.45, 7) is 5.47. The third-order valence-electron chi connectivity index (χ3n) is 4.51. The van der Waals surface area contributed by atoms with Crippen LogP contribution in [0.1, 0.15) is 55.5 Å². The first-order valence-electron chi connectivity index (χ1n) is 7.62. The van der Waals surface area contributed by atoms with Crippen LogP contribution in [0.3, 0.4) is 0 Å². The van der Waals surface area contributed by atoms with Gasteiger partial charge in [-0.2, -0.15) is 0 Å². The summed E-state index contributed by atoms with van der Waals surface area (Å²) >= 11 is 0. The van der Waals surface area contributed by atoms with Crippen LogP contribution in [0.2, 0.25) is 0 Å². The van der Waals surface area contributed by atoms with Crippen LogP contribution in [0.25, 0.3) is 0 Å². The Balaban J connectivity index is 1.77. The molecule has 0 aliphatic heterocycles. The van der Waals surface area contributed by atoms with Gasteiger partial charge in [0.25, 0.3) is 0 Å². The van der Waals surface area contributed by atoms with E-state index < -0.39 is 5.97 Å². The van der Waals surface area contributed by atoms with Gasteiger partial charge in [0.15, 0.2) is 0 Å². The fraction of sp³-hybridized carbons (Fsp3) is 0.588. The van der Waals surface area contributed by atoms with Crippen LogP contribution in [0, 0.1) is 11.8 Å². The van der Waals surface area contributed by atoms with Gasteiger partial charge in [-0.05, 0) is 55.2 Å². The molecule has 0 aromatic heterocycles. The summed E-state index contributed by atoms with van der Waals surface area (Å²) in [5.74, 6) is 0.832. The number of rotatable bonds is 5. The smallest absolute Gasteiger partial charge is 0.335 e. The van der Waals surface area contributed by atoms with Crippen LogP contribution in [-0.2, 0) is 6.54 Å². The van der Waals surface area contributed by atoms with E-state index in [4.69, 9.17) is 5.11 Å². The van der Waals surface area contributed by atoms with Crippen molar-refractivity contribution in [2.24, 2.45) is 11.8 Å². The summed E-state index contributed by atoms with van der Waals surface area (Å²) in [4.78, 5) is 10.8. The first-order valence-corrected chi connectivity index (χ1v) is 7.62. The lowest BCUT2D eigenvalue weighted by Crippen LogP contribution is -2.33. The van der Waals surface area contributed by atoms with Crippen molar-refractivity contribution in [3.63, 3.8) is 0 Å². The number of aromatic carboxylic acids is 1. The minimum absolute atomic E-state index is 0.353. The van der Waals surface area contributed by atoms with E-state index >= 15 is 0 Å². The van der Waals surface area contributed by atoms with Crippen LogP contribution in [0.5, 0.6) is 0 Å². The Morgan fingerprint density at radius 2 is 1.80 bits per heavy atom. The number of nitrogens with one attached hydrogen (secondary N) is 1. The SMILES string of the molecule is CC(C)C1CCC(NCc2ccc(C(=O)O)cc2)CC1. The summed E-state index contributed by atoms with van der Waals surface area (Å²) < 4.78 is 0. The van der Waals surface area contributed by atoms with Crippen molar-refractivity contribution in [2.75, 3.05) is 0 Å². The molecule has 2 N–H and O–H groups in total. The van der Waals surface area contributed by atoms with Crippen molar-refractivity contribution in [2.45, 2.75) is 52.1 Å². The van der Waals surface area contributed by atoms with E-state index in [9.17, 15) is 4.79 Å². The van der Waals surface area contributed by atoms with E-state index in [-0.39, 0.29) is 0 Å². The maximum Gasteiger partial charge on any atom is 0.335 e. The summed E-state index contributed by atoms with van der Waals surface area (Å²) in [5, 5.41) is 12.5. The van der Waals surface area contributed by atoms with Gasteiger partial charge in [0.05, 0.1) is 5.56 Å². The highest BCUT2D eigenvalue weighted by atomic mass is 16.4. The van der Waals surface area contributed by atoms with Crippen molar-refractivity contribution in [1.82, 2.24) is 5.32 Å². The van der Waals surface area contributed by atoms with Gasteiger partial charge in [-0.25, -0.2) is 4.79 Å². The third-order valence-corrected chi connectivity index (χ3v) is 4.51. The molecular weight excluding hydrogens is 250 g/mol. The Bertz CT molecular complexity index is 431. The van der Waals surface area contributed by atoms with Crippen molar-refractivity contribution < 1.29 is 9.90 Å².